The number of nitrogens with one attached hydrogen (secondary N) is 1. The molecule has 0 radical (unpaired) electrons. The van der Waals surface area contributed by atoms with Crippen LogP contribution in [0.4, 0.5) is 0 Å². The maximum absolute atomic E-state index is 11.9. The van der Waals surface area contributed by atoms with Crippen molar-refractivity contribution in [2.75, 3.05) is 5.75 Å². The van der Waals surface area contributed by atoms with Crippen molar-refractivity contribution >= 4 is 52.6 Å². The van der Waals surface area contributed by atoms with Crippen LogP contribution in [-0.2, 0) is 11.8 Å². The van der Waals surface area contributed by atoms with E-state index in [0.29, 0.717) is 5.03 Å². The summed E-state index contributed by atoms with van der Waals surface area (Å²) in [7, 11) is 1.93. The highest BCUT2D eigenvalue weighted by Crippen LogP contribution is 2.22. The maximum atomic E-state index is 11.9. The topological polar surface area (TPSA) is 59.3 Å². The van der Waals surface area contributed by atoms with Gasteiger partial charge in [-0.05, 0) is 23.8 Å². The SMILES string of the molecule is Cn1c(SCC(=O)N/N=C/C(Cl)=C/c2ccccc2)nc2ccccc21. The standard InChI is InChI=1S/C19H17ClN4OS/c1-24-17-10-6-5-9-16(17)22-19(24)26-13-18(25)23-21-12-15(20)11-14-7-3-2-4-8-14/h2-12H,13H2,1H3,(H,23,25)/b15-11-,21-12+. The van der Waals surface area contributed by atoms with Gasteiger partial charge in [0, 0.05) is 7.05 Å². The van der Waals surface area contributed by atoms with E-state index in [1.165, 1.54) is 18.0 Å². The van der Waals surface area contributed by atoms with Gasteiger partial charge in [0.25, 0.3) is 5.91 Å². The third-order valence-electron chi connectivity index (χ3n) is 3.56. The van der Waals surface area contributed by atoms with Crippen LogP contribution in [0, 0.1) is 0 Å². The number of aromatic nitrogens is 2. The van der Waals surface area contributed by atoms with Gasteiger partial charge < -0.3 is 4.57 Å². The van der Waals surface area contributed by atoms with Crippen molar-refractivity contribution in [2.24, 2.45) is 12.1 Å². The second kappa shape index (κ2) is 8.69. The molecule has 0 unspecified atom stereocenters. The highest BCUT2D eigenvalue weighted by molar-refractivity contribution is 7.99. The predicted octanol–water partition coefficient (Wildman–Crippen LogP) is 4.05. The number of benzene rings is 2. The maximum Gasteiger partial charge on any atom is 0.250 e. The van der Waals surface area contributed by atoms with Crippen LogP contribution in [0.5, 0.6) is 0 Å². The van der Waals surface area contributed by atoms with Crippen LogP contribution in [0.1, 0.15) is 5.56 Å². The molecule has 0 aliphatic heterocycles. The Morgan fingerprint density at radius 2 is 1.96 bits per heavy atom. The molecule has 3 aromatic rings. The number of para-hydroxylation sites is 2. The average molecular weight is 385 g/mol. The summed E-state index contributed by atoms with van der Waals surface area (Å²) in [6.07, 6.45) is 3.18. The van der Waals surface area contributed by atoms with Gasteiger partial charge in [0.1, 0.15) is 0 Å². The Bertz CT molecular complexity index is 966. The molecule has 1 N–H and O–H groups in total. The number of rotatable bonds is 6. The summed E-state index contributed by atoms with van der Waals surface area (Å²) in [6.45, 7) is 0. The van der Waals surface area contributed by atoms with Crippen LogP contribution in [0.25, 0.3) is 17.1 Å². The van der Waals surface area contributed by atoms with E-state index in [-0.39, 0.29) is 11.7 Å². The van der Waals surface area contributed by atoms with E-state index in [9.17, 15) is 4.79 Å². The summed E-state index contributed by atoms with van der Waals surface area (Å²) < 4.78 is 1.97. The Hall–Kier alpha value is -2.57. The van der Waals surface area contributed by atoms with Crippen molar-refractivity contribution in [2.45, 2.75) is 5.16 Å². The molecule has 7 heteroatoms. The number of carbonyl (C=O) groups is 1. The van der Waals surface area contributed by atoms with Crippen molar-refractivity contribution < 1.29 is 4.79 Å². The molecule has 1 heterocycles. The summed E-state index contributed by atoms with van der Waals surface area (Å²) in [5, 5.41) is 5.09. The number of allylic oxidation sites excluding steroid dienone is 1. The molecular formula is C19H17ClN4OS. The number of hydrogen-bond donors (Lipinski definition) is 1. The molecule has 1 amide bonds. The van der Waals surface area contributed by atoms with E-state index in [4.69, 9.17) is 11.6 Å². The number of fused-ring (bicyclic) bond motifs is 1. The Morgan fingerprint density at radius 1 is 1.23 bits per heavy atom. The molecule has 0 atom stereocenters. The molecule has 3 rings (SSSR count). The fourth-order valence-electron chi connectivity index (χ4n) is 2.33. The van der Waals surface area contributed by atoms with E-state index in [0.717, 1.165) is 21.8 Å². The first kappa shape index (κ1) is 18.2. The van der Waals surface area contributed by atoms with Gasteiger partial charge in [0.2, 0.25) is 0 Å². The minimum absolute atomic E-state index is 0.217. The zero-order chi connectivity index (χ0) is 18.4. The Kier molecular flexibility index (Phi) is 6.09. The molecule has 0 aliphatic rings. The van der Waals surface area contributed by atoms with Gasteiger partial charge >= 0.3 is 0 Å². The molecule has 5 nitrogen and oxygen atoms in total. The van der Waals surface area contributed by atoms with E-state index >= 15 is 0 Å². The second-order valence-electron chi connectivity index (χ2n) is 5.46. The molecule has 0 spiro atoms. The van der Waals surface area contributed by atoms with E-state index in [2.05, 4.69) is 15.5 Å². The molecule has 132 valence electrons. The second-order valence-corrected chi connectivity index (χ2v) is 6.84. The predicted molar refractivity (Wildman–Crippen MR) is 108 cm³/mol. The number of halogens is 1. The van der Waals surface area contributed by atoms with E-state index in [1.807, 2.05) is 66.2 Å². The third kappa shape index (κ3) is 4.74. The van der Waals surface area contributed by atoms with Crippen LogP contribution in [-0.4, -0.2) is 27.4 Å². The number of hydrazone groups is 1. The molecule has 2 aromatic carbocycles. The monoisotopic (exact) mass is 384 g/mol. The summed E-state index contributed by atoms with van der Waals surface area (Å²) in [5.74, 6) is -0.00314. The molecular weight excluding hydrogens is 368 g/mol. The Balaban J connectivity index is 1.52. The van der Waals surface area contributed by atoms with Crippen molar-refractivity contribution in [3.05, 3.63) is 65.2 Å². The van der Waals surface area contributed by atoms with Gasteiger partial charge in [-0.25, -0.2) is 10.4 Å². The lowest BCUT2D eigenvalue weighted by Gasteiger charge is -2.01. The van der Waals surface area contributed by atoms with Crippen molar-refractivity contribution in [3.8, 4) is 0 Å². The number of imidazole rings is 1. The minimum Gasteiger partial charge on any atom is -0.322 e. The third-order valence-corrected chi connectivity index (χ3v) is 4.80. The van der Waals surface area contributed by atoms with Crippen molar-refractivity contribution in [3.63, 3.8) is 0 Å². The number of carbonyl (C=O) groups excluding carboxylic acids is 1. The van der Waals surface area contributed by atoms with Crippen LogP contribution in [0.2, 0.25) is 0 Å². The van der Waals surface area contributed by atoms with Gasteiger partial charge in [-0.1, -0.05) is 65.8 Å². The largest absolute Gasteiger partial charge is 0.322 e. The van der Waals surface area contributed by atoms with E-state index < -0.39 is 0 Å². The number of amides is 1. The molecule has 1 aromatic heterocycles. The number of thioether (sulfide) groups is 1. The fourth-order valence-corrected chi connectivity index (χ4v) is 3.28. The lowest BCUT2D eigenvalue weighted by atomic mass is 10.2. The first-order valence-corrected chi connectivity index (χ1v) is 9.28. The minimum atomic E-state index is -0.220. The molecule has 0 fully saturated rings. The van der Waals surface area contributed by atoms with Crippen LogP contribution < -0.4 is 5.43 Å². The number of nitrogens with zero attached hydrogens (tertiary/aromatic N) is 3. The highest BCUT2D eigenvalue weighted by Gasteiger charge is 2.09. The highest BCUT2D eigenvalue weighted by atomic mass is 35.5. The lowest BCUT2D eigenvalue weighted by Crippen LogP contribution is -2.19. The molecule has 0 aliphatic carbocycles. The van der Waals surface area contributed by atoms with Gasteiger partial charge in [0.05, 0.1) is 28.0 Å². The normalized spacial score (nSPS) is 12.0. The molecule has 0 saturated heterocycles. The quantitative estimate of drug-likeness (QED) is 0.396. The van der Waals surface area contributed by atoms with Crippen LogP contribution in [0.15, 0.2) is 69.9 Å². The van der Waals surface area contributed by atoms with Gasteiger partial charge in [0.15, 0.2) is 5.16 Å². The Morgan fingerprint density at radius 3 is 2.73 bits per heavy atom. The Labute approximate surface area is 160 Å². The fraction of sp³-hybridized carbons (Fsp3) is 0.105. The summed E-state index contributed by atoms with van der Waals surface area (Å²) in [5.41, 5.74) is 5.38. The van der Waals surface area contributed by atoms with E-state index in [1.54, 1.807) is 6.08 Å². The lowest BCUT2D eigenvalue weighted by molar-refractivity contribution is -0.118. The van der Waals surface area contributed by atoms with Gasteiger partial charge in [-0.3, -0.25) is 4.79 Å². The van der Waals surface area contributed by atoms with Gasteiger partial charge in [-0.2, -0.15) is 5.10 Å². The first-order chi connectivity index (χ1) is 12.6. The van der Waals surface area contributed by atoms with Crippen LogP contribution >= 0.6 is 23.4 Å². The summed E-state index contributed by atoms with van der Waals surface area (Å²) in [4.78, 5) is 16.5. The summed E-state index contributed by atoms with van der Waals surface area (Å²) in [6, 6.07) is 17.5. The molecule has 0 bridgehead atoms. The molecule has 0 saturated carbocycles. The first-order valence-electron chi connectivity index (χ1n) is 7.92. The zero-order valence-electron chi connectivity index (χ0n) is 14.1. The average Bonchev–Trinajstić information content (AvgIpc) is 2.97. The number of aryl methyl sites for hydroxylation is 1. The molecule has 26 heavy (non-hydrogen) atoms. The van der Waals surface area contributed by atoms with Gasteiger partial charge in [-0.15, -0.1) is 0 Å². The van der Waals surface area contributed by atoms with Crippen LogP contribution in [0.3, 0.4) is 0 Å². The summed E-state index contributed by atoms with van der Waals surface area (Å²) >= 11 is 7.44. The van der Waals surface area contributed by atoms with Crippen molar-refractivity contribution in [1.29, 1.82) is 0 Å². The smallest absolute Gasteiger partial charge is 0.250 e. The van der Waals surface area contributed by atoms with Crippen molar-refractivity contribution in [1.82, 2.24) is 15.0 Å². The number of hydrogen-bond acceptors (Lipinski definition) is 4. The zero-order valence-corrected chi connectivity index (χ0v) is 15.7.